The van der Waals surface area contributed by atoms with Crippen LogP contribution in [0.4, 0.5) is 17.1 Å². The molecule has 208 valence electrons. The monoisotopic (exact) mass is 597 g/mol. The molecule has 40 heavy (non-hydrogen) atoms. The van der Waals surface area contributed by atoms with Gasteiger partial charge in [-0.1, -0.05) is 29.8 Å². The van der Waals surface area contributed by atoms with E-state index >= 15 is 0 Å². The van der Waals surface area contributed by atoms with Crippen LogP contribution < -0.4 is 14.8 Å². The number of halogens is 1. The van der Waals surface area contributed by atoms with Gasteiger partial charge in [-0.25, -0.2) is 16.8 Å². The summed E-state index contributed by atoms with van der Waals surface area (Å²) >= 11 is 6.20. The van der Waals surface area contributed by atoms with Gasteiger partial charge in [-0.3, -0.25) is 14.2 Å². The number of anilines is 3. The Hall–Kier alpha value is -3.86. The van der Waals surface area contributed by atoms with Crippen LogP contribution in [0.25, 0.3) is 0 Å². The van der Waals surface area contributed by atoms with Gasteiger partial charge >= 0.3 is 0 Å². The number of sulfonamides is 2. The number of aryl methyl sites for hydroxylation is 4. The van der Waals surface area contributed by atoms with Crippen LogP contribution in [0.1, 0.15) is 32.6 Å². The van der Waals surface area contributed by atoms with Crippen molar-refractivity contribution in [3.05, 3.63) is 112 Å². The highest BCUT2D eigenvalue weighted by molar-refractivity contribution is 7.93. The third-order valence-corrected chi connectivity index (χ3v) is 9.26. The number of benzene rings is 4. The van der Waals surface area contributed by atoms with Crippen LogP contribution in [-0.2, 0) is 20.0 Å². The standard InChI is InChI=1S/C29H28ClN3O5S2/c1-18-5-6-21(4)27(16-18)33-39(35,36)25-10-8-23(9-11-25)31-29(34)22-7-12-26(30)28(17-22)40(37,38)32-24-14-19(2)13-20(3)15-24/h5-17,32-33H,1-4H3,(H,31,34). The van der Waals surface area contributed by atoms with E-state index in [9.17, 15) is 21.6 Å². The first kappa shape index (κ1) is 29.1. The van der Waals surface area contributed by atoms with E-state index in [-0.39, 0.29) is 20.4 Å². The Labute approximate surface area is 239 Å². The zero-order valence-corrected chi connectivity index (χ0v) is 24.6. The molecule has 0 heterocycles. The molecule has 0 saturated heterocycles. The van der Waals surface area contributed by atoms with Gasteiger partial charge in [0.05, 0.1) is 15.6 Å². The second-order valence-corrected chi connectivity index (χ2v) is 13.3. The molecule has 3 N–H and O–H groups in total. The molecule has 0 spiro atoms. The van der Waals surface area contributed by atoms with Gasteiger partial charge in [0, 0.05) is 16.9 Å². The van der Waals surface area contributed by atoms with Gasteiger partial charge in [0.25, 0.3) is 26.0 Å². The Morgan fingerprint density at radius 1 is 0.650 bits per heavy atom. The van der Waals surface area contributed by atoms with Crippen molar-refractivity contribution in [2.75, 3.05) is 14.8 Å². The Bertz CT molecular complexity index is 1800. The average molecular weight is 598 g/mol. The fourth-order valence-electron chi connectivity index (χ4n) is 4.06. The van der Waals surface area contributed by atoms with Crippen molar-refractivity contribution in [1.29, 1.82) is 0 Å². The van der Waals surface area contributed by atoms with E-state index in [1.165, 1.54) is 42.5 Å². The van der Waals surface area contributed by atoms with Crippen molar-refractivity contribution >= 4 is 54.6 Å². The largest absolute Gasteiger partial charge is 0.322 e. The molecule has 0 aromatic heterocycles. The summed E-state index contributed by atoms with van der Waals surface area (Å²) in [6, 6.07) is 20.3. The van der Waals surface area contributed by atoms with Crippen molar-refractivity contribution in [2.45, 2.75) is 37.5 Å². The lowest BCUT2D eigenvalue weighted by molar-refractivity contribution is 0.102. The SMILES string of the molecule is Cc1cc(C)cc(NS(=O)(=O)c2cc(C(=O)Nc3ccc(S(=O)(=O)Nc4cc(C)ccc4C)cc3)ccc2Cl)c1. The second kappa shape index (κ2) is 11.3. The lowest BCUT2D eigenvalue weighted by Crippen LogP contribution is -2.17. The maximum absolute atomic E-state index is 13.1. The Morgan fingerprint density at radius 3 is 1.95 bits per heavy atom. The molecule has 0 aliphatic heterocycles. The normalized spacial score (nSPS) is 11.6. The van der Waals surface area contributed by atoms with Crippen LogP contribution in [-0.4, -0.2) is 22.7 Å². The maximum Gasteiger partial charge on any atom is 0.263 e. The molecule has 4 rings (SSSR count). The molecule has 0 fully saturated rings. The molecular weight excluding hydrogens is 570 g/mol. The molecule has 0 atom stereocenters. The van der Waals surface area contributed by atoms with Crippen molar-refractivity contribution in [1.82, 2.24) is 0 Å². The minimum Gasteiger partial charge on any atom is -0.322 e. The summed E-state index contributed by atoms with van der Waals surface area (Å²) in [7, 11) is -7.95. The van der Waals surface area contributed by atoms with Gasteiger partial charge < -0.3 is 5.32 Å². The summed E-state index contributed by atoms with van der Waals surface area (Å²) in [4.78, 5) is 12.7. The molecule has 0 saturated carbocycles. The predicted octanol–water partition coefficient (Wildman–Crippen LogP) is 6.43. The number of rotatable bonds is 8. The van der Waals surface area contributed by atoms with Crippen LogP contribution in [0.3, 0.4) is 0 Å². The van der Waals surface area contributed by atoms with E-state index in [1.54, 1.807) is 18.2 Å². The van der Waals surface area contributed by atoms with Crippen molar-refractivity contribution in [3.8, 4) is 0 Å². The van der Waals surface area contributed by atoms with E-state index in [0.29, 0.717) is 17.1 Å². The number of carbonyl (C=O) groups is 1. The first-order chi connectivity index (χ1) is 18.7. The molecule has 0 unspecified atom stereocenters. The van der Waals surface area contributed by atoms with Crippen LogP contribution in [0.15, 0.2) is 88.7 Å². The highest BCUT2D eigenvalue weighted by Gasteiger charge is 2.21. The van der Waals surface area contributed by atoms with Gasteiger partial charge in [-0.05, 0) is 111 Å². The molecule has 0 aliphatic rings. The van der Waals surface area contributed by atoms with Crippen LogP contribution >= 0.6 is 11.6 Å². The summed E-state index contributed by atoms with van der Waals surface area (Å²) in [6.07, 6.45) is 0. The van der Waals surface area contributed by atoms with Gasteiger partial charge in [0.15, 0.2) is 0 Å². The van der Waals surface area contributed by atoms with E-state index in [2.05, 4.69) is 14.8 Å². The summed E-state index contributed by atoms with van der Waals surface area (Å²) < 4.78 is 57.0. The van der Waals surface area contributed by atoms with E-state index in [4.69, 9.17) is 11.6 Å². The molecule has 11 heteroatoms. The molecule has 0 radical (unpaired) electrons. The van der Waals surface area contributed by atoms with Crippen LogP contribution in [0, 0.1) is 27.7 Å². The number of hydrogen-bond acceptors (Lipinski definition) is 5. The molecule has 0 aliphatic carbocycles. The third-order valence-electron chi connectivity index (χ3n) is 6.02. The van der Waals surface area contributed by atoms with Gasteiger partial charge in [-0.15, -0.1) is 0 Å². The van der Waals surface area contributed by atoms with Crippen molar-refractivity contribution < 1.29 is 21.6 Å². The summed E-state index contributed by atoms with van der Waals surface area (Å²) in [6.45, 7) is 7.39. The Kier molecular flexibility index (Phi) is 8.25. The topological polar surface area (TPSA) is 121 Å². The fourth-order valence-corrected chi connectivity index (χ4v) is 6.75. The van der Waals surface area contributed by atoms with Gasteiger partial charge in [0.2, 0.25) is 0 Å². The van der Waals surface area contributed by atoms with Crippen molar-refractivity contribution in [3.63, 3.8) is 0 Å². The van der Waals surface area contributed by atoms with Crippen LogP contribution in [0.5, 0.6) is 0 Å². The summed E-state index contributed by atoms with van der Waals surface area (Å²) in [5, 5.41) is 2.61. The smallest absolute Gasteiger partial charge is 0.263 e. The average Bonchev–Trinajstić information content (AvgIpc) is 2.85. The maximum atomic E-state index is 13.1. The fraction of sp³-hybridized carbons (Fsp3) is 0.138. The molecule has 8 nitrogen and oxygen atoms in total. The van der Waals surface area contributed by atoms with Gasteiger partial charge in [0.1, 0.15) is 4.90 Å². The summed E-state index contributed by atoms with van der Waals surface area (Å²) in [5.74, 6) is -0.594. The predicted molar refractivity (Wildman–Crippen MR) is 159 cm³/mol. The summed E-state index contributed by atoms with van der Waals surface area (Å²) in [5.41, 5.74) is 4.71. The lowest BCUT2D eigenvalue weighted by Gasteiger charge is -2.13. The first-order valence-electron chi connectivity index (χ1n) is 12.2. The molecule has 4 aromatic rings. The highest BCUT2D eigenvalue weighted by Crippen LogP contribution is 2.27. The number of carbonyl (C=O) groups excluding carboxylic acids is 1. The Balaban J connectivity index is 1.51. The minimum absolute atomic E-state index is 0.0173. The quantitative estimate of drug-likeness (QED) is 0.216. The van der Waals surface area contributed by atoms with E-state index in [1.807, 2.05) is 45.9 Å². The molecule has 1 amide bonds. The minimum atomic E-state index is -4.10. The van der Waals surface area contributed by atoms with Crippen molar-refractivity contribution in [2.24, 2.45) is 0 Å². The second-order valence-electron chi connectivity index (χ2n) is 9.53. The number of amides is 1. The molecule has 4 aromatic carbocycles. The van der Waals surface area contributed by atoms with Gasteiger partial charge in [-0.2, -0.15) is 0 Å². The van der Waals surface area contributed by atoms with E-state index in [0.717, 1.165) is 22.3 Å². The lowest BCUT2D eigenvalue weighted by atomic mass is 10.1. The number of nitrogens with one attached hydrogen (secondary N) is 3. The highest BCUT2D eigenvalue weighted by atomic mass is 35.5. The number of hydrogen-bond donors (Lipinski definition) is 3. The van der Waals surface area contributed by atoms with Crippen LogP contribution in [0.2, 0.25) is 5.02 Å². The molecular formula is C29H28ClN3O5S2. The zero-order chi connectivity index (χ0) is 29.2. The molecule has 0 bridgehead atoms. The third kappa shape index (κ3) is 6.82. The van der Waals surface area contributed by atoms with E-state index < -0.39 is 26.0 Å². The Morgan fingerprint density at radius 2 is 1.30 bits per heavy atom. The first-order valence-corrected chi connectivity index (χ1v) is 15.5. The zero-order valence-electron chi connectivity index (χ0n) is 22.2.